The molecule has 0 saturated carbocycles. The number of oxazole rings is 1. The average molecular weight is 388 g/mol. The maximum Gasteiger partial charge on any atom is 0.573 e. The zero-order chi connectivity index (χ0) is 19.7. The second-order valence-electron chi connectivity index (χ2n) is 6.16. The minimum Gasteiger partial charge on any atom is -0.444 e. The predicted octanol–water partition coefficient (Wildman–Crippen LogP) is 2.84. The highest BCUT2D eigenvalue weighted by atomic mass is 19.4. The molecule has 2 aromatic carbocycles. The van der Waals surface area contributed by atoms with Gasteiger partial charge in [0.25, 0.3) is 0 Å². The number of halogens is 3. The van der Waals surface area contributed by atoms with Gasteiger partial charge in [-0.25, -0.2) is 10.5 Å². The molecule has 4 rings (SSSR count). The van der Waals surface area contributed by atoms with Gasteiger partial charge in [-0.15, -0.1) is 13.2 Å². The van der Waals surface area contributed by atoms with Crippen LogP contribution in [0.3, 0.4) is 0 Å². The zero-order valence-corrected chi connectivity index (χ0v) is 14.7. The van der Waals surface area contributed by atoms with Crippen molar-refractivity contribution in [2.24, 2.45) is 5.10 Å². The third kappa shape index (κ3) is 4.08. The van der Waals surface area contributed by atoms with Crippen LogP contribution in [0.15, 0.2) is 58.2 Å². The van der Waals surface area contributed by atoms with E-state index >= 15 is 0 Å². The van der Waals surface area contributed by atoms with Gasteiger partial charge in [-0.3, -0.25) is 5.01 Å². The minimum absolute atomic E-state index is 0.256. The van der Waals surface area contributed by atoms with Crippen molar-refractivity contribution in [2.45, 2.75) is 19.8 Å². The molecule has 0 aliphatic carbocycles. The fraction of sp³-hybridized carbons (Fsp3) is 0.158. The molecule has 2 heterocycles. The Kier molecular flexibility index (Phi) is 4.42. The first kappa shape index (κ1) is 17.9. The quantitative estimate of drug-likeness (QED) is 0.745. The van der Waals surface area contributed by atoms with E-state index in [1.807, 2.05) is 24.4 Å². The Hall–Kier alpha value is -3.49. The first-order chi connectivity index (χ1) is 13.4. The van der Waals surface area contributed by atoms with Gasteiger partial charge in [-0.2, -0.15) is 5.10 Å². The van der Waals surface area contributed by atoms with E-state index in [4.69, 9.17) is 4.42 Å². The van der Waals surface area contributed by atoms with Crippen molar-refractivity contribution in [3.8, 4) is 16.9 Å². The maximum absolute atomic E-state index is 12.3. The fourth-order valence-corrected chi connectivity index (χ4v) is 2.83. The molecule has 0 unspecified atom stereocenters. The number of nitrogens with one attached hydrogen (secondary N) is 1. The van der Waals surface area contributed by atoms with Gasteiger partial charge in [-0.1, -0.05) is 18.2 Å². The second kappa shape index (κ2) is 6.91. The van der Waals surface area contributed by atoms with Crippen LogP contribution in [0.25, 0.3) is 17.3 Å². The summed E-state index contributed by atoms with van der Waals surface area (Å²) in [4.78, 5) is 4.06. The lowest BCUT2D eigenvalue weighted by atomic mass is 10.0. The van der Waals surface area contributed by atoms with E-state index in [-0.39, 0.29) is 5.75 Å². The number of fused-ring (bicyclic) bond motifs is 1. The van der Waals surface area contributed by atoms with Crippen LogP contribution in [-0.2, 0) is 6.54 Å². The van der Waals surface area contributed by atoms with E-state index in [0.717, 1.165) is 21.7 Å². The molecular weight excluding hydrogens is 373 g/mol. The summed E-state index contributed by atoms with van der Waals surface area (Å²) in [6, 6.07) is 11.3. The van der Waals surface area contributed by atoms with Crippen molar-refractivity contribution in [2.75, 3.05) is 0 Å². The molecule has 0 bridgehead atoms. The van der Waals surface area contributed by atoms with Crippen LogP contribution in [0.5, 0.6) is 5.75 Å². The van der Waals surface area contributed by atoms with E-state index in [9.17, 15) is 13.2 Å². The Labute approximate surface area is 157 Å². The largest absolute Gasteiger partial charge is 0.573 e. The Morgan fingerprint density at radius 1 is 1.11 bits per heavy atom. The molecule has 144 valence electrons. The average Bonchev–Trinajstić information content (AvgIpc) is 3.05. The molecular formula is C19H15F3N4O2. The third-order valence-corrected chi connectivity index (χ3v) is 4.04. The molecule has 1 aliphatic rings. The van der Waals surface area contributed by atoms with E-state index in [1.54, 1.807) is 30.3 Å². The topological polar surface area (TPSA) is 62.9 Å². The van der Waals surface area contributed by atoms with E-state index < -0.39 is 6.36 Å². The normalized spacial score (nSPS) is 13.2. The summed E-state index contributed by atoms with van der Waals surface area (Å²) in [5.74, 6) is 1.02. The summed E-state index contributed by atoms with van der Waals surface area (Å²) in [7, 11) is 0. The number of ether oxygens (including phenoxy) is 1. The van der Waals surface area contributed by atoms with Gasteiger partial charge < -0.3 is 9.15 Å². The van der Waals surface area contributed by atoms with Crippen molar-refractivity contribution >= 4 is 6.20 Å². The molecule has 0 fully saturated rings. The fourth-order valence-electron chi connectivity index (χ4n) is 2.83. The van der Waals surface area contributed by atoms with Gasteiger partial charge in [0.2, 0.25) is 0 Å². The van der Waals surface area contributed by atoms with Crippen molar-refractivity contribution in [1.29, 1.82) is 0 Å². The highest BCUT2D eigenvalue weighted by molar-refractivity contribution is 5.64. The molecule has 0 radical (unpaired) electrons. The summed E-state index contributed by atoms with van der Waals surface area (Å²) in [6.45, 7) is 2.21. The van der Waals surface area contributed by atoms with Crippen LogP contribution in [0.2, 0.25) is 0 Å². The van der Waals surface area contributed by atoms with Crippen LogP contribution in [-0.4, -0.2) is 16.4 Å². The van der Waals surface area contributed by atoms with Crippen LogP contribution in [0.4, 0.5) is 13.2 Å². The lowest BCUT2D eigenvalue weighted by molar-refractivity contribution is -0.274. The lowest BCUT2D eigenvalue weighted by Gasteiger charge is -2.20. The van der Waals surface area contributed by atoms with Gasteiger partial charge >= 0.3 is 6.36 Å². The number of benzene rings is 2. The monoisotopic (exact) mass is 388 g/mol. The first-order valence-electron chi connectivity index (χ1n) is 8.35. The summed E-state index contributed by atoms with van der Waals surface area (Å²) in [5, 5.41) is 7.68. The summed E-state index contributed by atoms with van der Waals surface area (Å²) in [5.41, 5.74) is 4.53. The van der Waals surface area contributed by atoms with Gasteiger partial charge in [0.15, 0.2) is 5.89 Å². The summed E-state index contributed by atoms with van der Waals surface area (Å²) >= 11 is 0. The molecule has 0 saturated heterocycles. The third-order valence-electron chi connectivity index (χ3n) is 4.04. The Balaban J connectivity index is 1.58. The van der Waals surface area contributed by atoms with Gasteiger partial charge in [0.1, 0.15) is 11.5 Å². The Morgan fingerprint density at radius 3 is 2.54 bits per heavy atom. The predicted molar refractivity (Wildman–Crippen MR) is 93.7 cm³/mol. The van der Waals surface area contributed by atoms with Gasteiger partial charge in [-0.05, 0) is 35.4 Å². The molecule has 1 aliphatic heterocycles. The number of rotatable bonds is 4. The van der Waals surface area contributed by atoms with Crippen LogP contribution >= 0.6 is 0 Å². The van der Waals surface area contributed by atoms with E-state index in [1.165, 1.54) is 12.1 Å². The van der Waals surface area contributed by atoms with Crippen molar-refractivity contribution in [1.82, 2.24) is 15.5 Å². The number of hydrazine groups is 1. The van der Waals surface area contributed by atoms with Gasteiger partial charge in [0.05, 0.1) is 18.1 Å². The van der Waals surface area contributed by atoms with Crippen LogP contribution in [0, 0.1) is 6.92 Å². The molecule has 0 atom stereocenters. The number of alkyl halides is 3. The maximum atomic E-state index is 12.3. The molecule has 3 aromatic rings. The molecule has 0 amide bonds. The Bertz CT molecular complexity index is 1110. The standard InChI is InChI=1S/C19H15F3N4O2/c1-12-23-9-17(27-12)11-26-10-15-8-14(4-7-18(15)24-25-26)13-2-5-16(6-3-13)28-19(20,21)22/h2-10,25H,11H2,1H3. The molecule has 9 heteroatoms. The molecule has 0 spiro atoms. The van der Waals surface area contributed by atoms with E-state index in [0.29, 0.717) is 18.2 Å². The number of aryl methyl sites for hydroxylation is 1. The lowest BCUT2D eigenvalue weighted by Crippen LogP contribution is -2.42. The molecule has 1 aromatic heterocycles. The smallest absolute Gasteiger partial charge is 0.444 e. The summed E-state index contributed by atoms with van der Waals surface area (Å²) in [6.07, 6.45) is -1.17. The van der Waals surface area contributed by atoms with Crippen LogP contribution < -0.4 is 20.8 Å². The Morgan fingerprint density at radius 2 is 1.86 bits per heavy atom. The first-order valence-corrected chi connectivity index (χ1v) is 8.35. The second-order valence-corrected chi connectivity index (χ2v) is 6.16. The zero-order valence-electron chi connectivity index (χ0n) is 14.7. The summed E-state index contributed by atoms with van der Waals surface area (Å²) < 4.78 is 46.2. The molecule has 6 nitrogen and oxygen atoms in total. The van der Waals surface area contributed by atoms with E-state index in [2.05, 4.69) is 20.4 Å². The van der Waals surface area contributed by atoms with Crippen molar-refractivity contribution in [3.05, 3.63) is 70.9 Å². The minimum atomic E-state index is -4.71. The number of hydrogen-bond acceptors (Lipinski definition) is 6. The van der Waals surface area contributed by atoms with Crippen molar-refractivity contribution < 1.29 is 22.3 Å². The van der Waals surface area contributed by atoms with Crippen LogP contribution in [0.1, 0.15) is 11.7 Å². The number of aromatic nitrogens is 1. The molecule has 1 N–H and O–H groups in total. The highest BCUT2D eigenvalue weighted by Gasteiger charge is 2.30. The highest BCUT2D eigenvalue weighted by Crippen LogP contribution is 2.25. The van der Waals surface area contributed by atoms with Crippen molar-refractivity contribution in [3.63, 3.8) is 0 Å². The number of nitrogens with zero attached hydrogens (tertiary/aromatic N) is 3. The number of hydrogen-bond donors (Lipinski definition) is 1. The van der Waals surface area contributed by atoms with Gasteiger partial charge in [0, 0.05) is 18.3 Å². The molecule has 28 heavy (non-hydrogen) atoms. The SMILES string of the molecule is Cc1ncc(CN2C=c3cc(-c4ccc(OC(F)(F)F)cc4)ccc3=NN2)o1.